The summed E-state index contributed by atoms with van der Waals surface area (Å²) in [5, 5.41) is 25.4. The standard InChI is InChI=1S/C24H32B3N9O4/c1-39-21-16(3-2-4-18(21)36-13-15(31-34-36)12-35-7-9-40-10-8-35)28-17-11-19(29-22(37)14-5-6-14)32-33-20(17)23(38)30-24(25,26)27/h2-4,11,13-14H,5-10,12,25-27H2,1H3,(H,30,38)(H2,28,29,32,37). The molecule has 1 saturated carbocycles. The molecule has 13 nitrogen and oxygen atoms in total. The molecule has 1 aliphatic heterocycles. The minimum Gasteiger partial charge on any atom is -0.492 e. The average molecular weight is 543 g/mol. The van der Waals surface area contributed by atoms with Gasteiger partial charge in [0.05, 0.1) is 43.6 Å². The Balaban J connectivity index is 1.44. The molecule has 3 N–H and O–H groups in total. The quantitative estimate of drug-likeness (QED) is 0.251. The first-order valence-electron chi connectivity index (χ1n) is 13.4. The first-order valence-corrected chi connectivity index (χ1v) is 13.4. The van der Waals surface area contributed by atoms with Gasteiger partial charge in [0.15, 0.2) is 17.3 Å². The second-order valence-corrected chi connectivity index (χ2v) is 11.0. The van der Waals surface area contributed by atoms with E-state index in [1.54, 1.807) is 17.9 Å². The van der Waals surface area contributed by atoms with Crippen molar-refractivity contribution in [2.24, 2.45) is 5.92 Å². The summed E-state index contributed by atoms with van der Waals surface area (Å²) in [5.41, 5.74) is 2.52. The van der Waals surface area contributed by atoms with Crippen LogP contribution in [0.2, 0.25) is 0 Å². The van der Waals surface area contributed by atoms with Crippen LogP contribution in [-0.2, 0) is 16.1 Å². The highest BCUT2D eigenvalue weighted by molar-refractivity contribution is 6.60. The van der Waals surface area contributed by atoms with Crippen molar-refractivity contribution in [3.05, 3.63) is 41.9 Å². The van der Waals surface area contributed by atoms with E-state index in [-0.39, 0.29) is 23.3 Å². The number of ether oxygens (including phenoxy) is 2. The number of anilines is 3. The molecule has 2 amide bonds. The van der Waals surface area contributed by atoms with Crippen LogP contribution < -0.4 is 20.7 Å². The summed E-state index contributed by atoms with van der Waals surface area (Å²) in [6.45, 7) is 3.80. The largest absolute Gasteiger partial charge is 0.492 e. The highest BCUT2D eigenvalue weighted by Gasteiger charge is 2.30. The zero-order valence-electron chi connectivity index (χ0n) is 23.2. The molecule has 0 atom stereocenters. The second-order valence-electron chi connectivity index (χ2n) is 11.0. The second kappa shape index (κ2) is 11.7. The van der Waals surface area contributed by atoms with Crippen LogP contribution >= 0.6 is 0 Å². The highest BCUT2D eigenvalue weighted by Crippen LogP contribution is 2.35. The first-order chi connectivity index (χ1) is 19.2. The maximum atomic E-state index is 13.1. The fourth-order valence-electron chi connectivity index (χ4n) is 4.33. The Hall–Kier alpha value is -3.91. The number of rotatable bonds is 10. The Bertz CT molecular complexity index is 1390. The Morgan fingerprint density at radius 1 is 1.12 bits per heavy atom. The van der Waals surface area contributed by atoms with Gasteiger partial charge in [0.2, 0.25) is 5.91 Å². The van der Waals surface area contributed by atoms with Crippen molar-refractivity contribution in [2.45, 2.75) is 24.6 Å². The van der Waals surface area contributed by atoms with Gasteiger partial charge in [-0.05, 0) is 30.2 Å². The van der Waals surface area contributed by atoms with Crippen LogP contribution in [-0.4, -0.2) is 104 Å². The summed E-state index contributed by atoms with van der Waals surface area (Å²) >= 11 is 0. The number of hydrogen-bond donors (Lipinski definition) is 3. The van der Waals surface area contributed by atoms with Gasteiger partial charge in [0.1, 0.15) is 29.2 Å². The van der Waals surface area contributed by atoms with Gasteiger partial charge in [-0.1, -0.05) is 11.3 Å². The van der Waals surface area contributed by atoms with E-state index in [1.807, 2.05) is 47.9 Å². The predicted molar refractivity (Wildman–Crippen MR) is 157 cm³/mol. The van der Waals surface area contributed by atoms with Crippen molar-refractivity contribution < 1.29 is 19.1 Å². The number of carbonyl (C=O) groups is 2. The number of nitrogens with one attached hydrogen (secondary N) is 3. The van der Waals surface area contributed by atoms with Crippen molar-refractivity contribution in [2.75, 3.05) is 44.0 Å². The Morgan fingerprint density at radius 2 is 1.90 bits per heavy atom. The number of carbonyl (C=O) groups excluding carboxylic acids is 2. The molecule has 2 aliphatic rings. The van der Waals surface area contributed by atoms with E-state index in [1.165, 1.54) is 0 Å². The van der Waals surface area contributed by atoms with E-state index < -0.39 is 11.1 Å². The molecule has 0 radical (unpaired) electrons. The van der Waals surface area contributed by atoms with Gasteiger partial charge in [0.25, 0.3) is 5.91 Å². The molecular formula is C24H32B3N9O4. The summed E-state index contributed by atoms with van der Waals surface area (Å²) in [7, 11) is 7.21. The number of nitrogens with zero attached hydrogens (tertiary/aromatic N) is 6. The minimum atomic E-state index is -0.488. The fraction of sp³-hybridized carbons (Fsp3) is 0.417. The number of para-hydroxylation sites is 1. The number of amides is 2. The molecule has 0 bridgehead atoms. The Kier molecular flexibility index (Phi) is 8.08. The predicted octanol–water partition coefficient (Wildman–Crippen LogP) is -1.77. The zero-order valence-corrected chi connectivity index (χ0v) is 23.2. The third kappa shape index (κ3) is 6.80. The van der Waals surface area contributed by atoms with E-state index in [2.05, 4.69) is 41.4 Å². The number of benzene rings is 1. The molecule has 0 spiro atoms. The summed E-state index contributed by atoms with van der Waals surface area (Å²) in [5.74, 6) is 0.237. The van der Waals surface area contributed by atoms with E-state index >= 15 is 0 Å². The van der Waals surface area contributed by atoms with Crippen LogP contribution in [0, 0.1) is 5.92 Å². The van der Waals surface area contributed by atoms with Crippen molar-refractivity contribution in [1.82, 2.24) is 35.4 Å². The van der Waals surface area contributed by atoms with Gasteiger partial charge >= 0.3 is 0 Å². The molecule has 40 heavy (non-hydrogen) atoms. The topological polar surface area (TPSA) is 148 Å². The molecular weight excluding hydrogens is 511 g/mol. The lowest BCUT2D eigenvalue weighted by Gasteiger charge is -2.25. The molecule has 2 fully saturated rings. The lowest BCUT2D eigenvalue weighted by atomic mass is 9.49. The zero-order chi connectivity index (χ0) is 28.3. The third-order valence-electron chi connectivity index (χ3n) is 6.44. The number of methoxy groups -OCH3 is 1. The summed E-state index contributed by atoms with van der Waals surface area (Å²) in [4.78, 5) is 27.8. The highest BCUT2D eigenvalue weighted by atomic mass is 16.5. The van der Waals surface area contributed by atoms with Crippen molar-refractivity contribution in [1.29, 1.82) is 0 Å². The number of aromatic nitrogens is 5. The average Bonchev–Trinajstić information content (AvgIpc) is 3.67. The maximum absolute atomic E-state index is 13.1. The summed E-state index contributed by atoms with van der Waals surface area (Å²) in [6, 6.07) is 7.15. The van der Waals surface area contributed by atoms with Gasteiger partial charge in [-0.3, -0.25) is 14.5 Å². The van der Waals surface area contributed by atoms with Gasteiger partial charge in [-0.2, -0.15) is 0 Å². The van der Waals surface area contributed by atoms with Crippen LogP contribution in [0.4, 0.5) is 17.2 Å². The van der Waals surface area contributed by atoms with Crippen LogP contribution in [0.1, 0.15) is 29.0 Å². The molecule has 3 aromatic rings. The van der Waals surface area contributed by atoms with Gasteiger partial charge in [-0.15, -0.1) is 15.3 Å². The Morgan fingerprint density at radius 3 is 2.60 bits per heavy atom. The van der Waals surface area contributed by atoms with Crippen LogP contribution in [0.15, 0.2) is 30.5 Å². The lowest BCUT2D eigenvalue weighted by Crippen LogP contribution is -2.50. The number of morpholine rings is 1. The summed E-state index contributed by atoms with van der Waals surface area (Å²) in [6.07, 6.45) is 3.59. The minimum absolute atomic E-state index is 0.00494. The van der Waals surface area contributed by atoms with Gasteiger partial charge < -0.3 is 25.4 Å². The maximum Gasteiger partial charge on any atom is 0.272 e. The molecule has 1 aliphatic carbocycles. The molecule has 206 valence electrons. The molecule has 16 heteroatoms. The third-order valence-corrected chi connectivity index (χ3v) is 6.44. The van der Waals surface area contributed by atoms with Crippen LogP contribution in [0.5, 0.6) is 5.75 Å². The van der Waals surface area contributed by atoms with Crippen molar-refractivity contribution >= 4 is 52.5 Å². The van der Waals surface area contributed by atoms with E-state index in [4.69, 9.17) is 9.47 Å². The monoisotopic (exact) mass is 543 g/mol. The van der Waals surface area contributed by atoms with Crippen molar-refractivity contribution in [3.63, 3.8) is 0 Å². The first kappa shape index (κ1) is 27.7. The Labute approximate surface area is 235 Å². The number of hydrogen-bond acceptors (Lipinski definition) is 10. The molecule has 3 heterocycles. The van der Waals surface area contributed by atoms with E-state index in [0.717, 1.165) is 31.6 Å². The van der Waals surface area contributed by atoms with Gasteiger partial charge in [-0.25, -0.2) is 4.68 Å². The smallest absolute Gasteiger partial charge is 0.272 e. The van der Waals surface area contributed by atoms with E-state index in [9.17, 15) is 9.59 Å². The van der Waals surface area contributed by atoms with Crippen molar-refractivity contribution in [3.8, 4) is 11.4 Å². The lowest BCUT2D eigenvalue weighted by molar-refractivity contribution is -0.117. The van der Waals surface area contributed by atoms with Gasteiger partial charge in [0, 0.05) is 31.6 Å². The summed E-state index contributed by atoms with van der Waals surface area (Å²) < 4.78 is 12.9. The molecule has 5 rings (SSSR count). The van der Waals surface area contributed by atoms with Crippen LogP contribution in [0.25, 0.3) is 5.69 Å². The van der Waals surface area contributed by atoms with Crippen LogP contribution in [0.3, 0.4) is 0 Å². The SMILES string of the molecule is BC(B)(B)NC(=O)c1nnc(NC(=O)C2CC2)cc1Nc1cccc(-n2cc(CN3CCOCC3)nn2)c1OC. The molecule has 2 aromatic heterocycles. The normalized spacial score (nSPS) is 15.8. The fourth-order valence-corrected chi connectivity index (χ4v) is 4.33. The molecule has 0 unspecified atom stereocenters. The molecule has 1 aromatic carbocycles. The van der Waals surface area contributed by atoms with E-state index in [0.29, 0.717) is 42.6 Å². The molecule has 1 saturated heterocycles.